The topological polar surface area (TPSA) is 79.0 Å². The number of halogens is 2. The summed E-state index contributed by atoms with van der Waals surface area (Å²) in [5.41, 5.74) is 5.42. The number of aliphatic hydroxyl groups is 1. The molecule has 1 aromatic carbocycles. The predicted molar refractivity (Wildman–Crippen MR) is 85.1 cm³/mol. The van der Waals surface area contributed by atoms with Crippen LogP contribution in [0.1, 0.15) is 19.3 Å². The monoisotopic (exact) mass is 341 g/mol. The Hall–Kier alpha value is -1.93. The number of hydrogen-bond acceptors (Lipinski definition) is 5. The van der Waals surface area contributed by atoms with E-state index in [0.29, 0.717) is 0 Å². The molecule has 2 fully saturated rings. The molecule has 24 heavy (non-hydrogen) atoms. The second-order valence-electron chi connectivity index (χ2n) is 6.11. The van der Waals surface area contributed by atoms with Crippen LogP contribution >= 0.6 is 0 Å². The fourth-order valence-electron chi connectivity index (χ4n) is 3.12. The van der Waals surface area contributed by atoms with E-state index in [4.69, 9.17) is 10.5 Å². The molecule has 8 heteroatoms. The molecule has 1 saturated carbocycles. The van der Waals surface area contributed by atoms with Crippen molar-refractivity contribution >= 4 is 17.5 Å². The van der Waals surface area contributed by atoms with Crippen molar-refractivity contribution in [2.45, 2.75) is 31.4 Å². The highest BCUT2D eigenvalue weighted by molar-refractivity contribution is 5.90. The van der Waals surface area contributed by atoms with Crippen LogP contribution in [0.4, 0.5) is 25.0 Å². The molecule has 6 nitrogen and oxygen atoms in total. The van der Waals surface area contributed by atoms with Gasteiger partial charge in [0.05, 0.1) is 18.8 Å². The zero-order chi connectivity index (χ0) is 17.3. The van der Waals surface area contributed by atoms with E-state index in [1.165, 1.54) is 4.90 Å². The van der Waals surface area contributed by atoms with E-state index in [-0.39, 0.29) is 43.7 Å². The Morgan fingerprint density at radius 3 is 2.46 bits per heavy atom. The molecule has 1 heterocycles. The zero-order valence-corrected chi connectivity index (χ0v) is 13.3. The molecular weight excluding hydrogens is 320 g/mol. The number of carbonyl (C=O) groups is 1. The van der Waals surface area contributed by atoms with E-state index in [0.717, 1.165) is 31.4 Å². The van der Waals surface area contributed by atoms with Crippen LogP contribution in [0.5, 0.6) is 0 Å². The van der Waals surface area contributed by atoms with Crippen LogP contribution in [0.25, 0.3) is 0 Å². The number of rotatable bonds is 6. The number of anilines is 2. The average Bonchev–Trinajstić information content (AvgIpc) is 2.86. The van der Waals surface area contributed by atoms with Crippen LogP contribution in [0.3, 0.4) is 0 Å². The van der Waals surface area contributed by atoms with Gasteiger partial charge in [-0.25, -0.2) is 13.6 Å². The maximum atomic E-state index is 14.6. The summed E-state index contributed by atoms with van der Waals surface area (Å²) in [7, 11) is 0. The molecule has 1 unspecified atom stereocenters. The van der Waals surface area contributed by atoms with Gasteiger partial charge in [0.15, 0.2) is 11.6 Å². The third kappa shape index (κ3) is 3.03. The van der Waals surface area contributed by atoms with Gasteiger partial charge in [-0.15, -0.1) is 0 Å². The number of nitrogens with two attached hydrogens (primary N) is 1. The third-order valence-corrected chi connectivity index (χ3v) is 4.59. The standard InChI is InChI=1S/C16H21F2N3O3/c17-13-6-11(21-9-12(8-19)24-16(21)23)7-14(18)15(13)20(4-5-22)10-2-1-3-10/h6-7,10,12,22H,1-5,8-9,19H2. The van der Waals surface area contributed by atoms with Gasteiger partial charge in [0.1, 0.15) is 11.8 Å². The summed E-state index contributed by atoms with van der Waals surface area (Å²) in [6.07, 6.45) is 1.55. The van der Waals surface area contributed by atoms with E-state index in [9.17, 15) is 18.7 Å². The van der Waals surface area contributed by atoms with Crippen molar-refractivity contribution in [3.63, 3.8) is 0 Å². The number of carbonyl (C=O) groups excluding carboxylic acids is 1. The molecule has 0 bridgehead atoms. The Kier molecular flexibility index (Phi) is 4.86. The number of ether oxygens (including phenoxy) is 1. The van der Waals surface area contributed by atoms with E-state index in [1.807, 2.05) is 0 Å². The van der Waals surface area contributed by atoms with Crippen LogP contribution in [0, 0.1) is 11.6 Å². The van der Waals surface area contributed by atoms with Gasteiger partial charge in [-0.2, -0.15) is 0 Å². The molecule has 132 valence electrons. The van der Waals surface area contributed by atoms with Crippen LogP contribution in [0.15, 0.2) is 12.1 Å². The third-order valence-electron chi connectivity index (χ3n) is 4.59. The molecule has 1 saturated heterocycles. The highest BCUT2D eigenvalue weighted by Crippen LogP contribution is 2.35. The lowest BCUT2D eigenvalue weighted by atomic mass is 9.91. The molecule has 2 aliphatic rings. The van der Waals surface area contributed by atoms with Crippen molar-refractivity contribution < 1.29 is 23.4 Å². The van der Waals surface area contributed by atoms with Gasteiger partial charge in [0, 0.05) is 31.3 Å². The molecular formula is C16H21F2N3O3. The first kappa shape index (κ1) is 16.9. The molecule has 1 aromatic rings. The minimum Gasteiger partial charge on any atom is -0.443 e. The largest absolute Gasteiger partial charge is 0.443 e. The quantitative estimate of drug-likeness (QED) is 0.822. The first-order valence-electron chi connectivity index (χ1n) is 8.10. The van der Waals surface area contributed by atoms with Crippen molar-refractivity contribution in [2.24, 2.45) is 5.73 Å². The van der Waals surface area contributed by atoms with Crippen molar-refractivity contribution in [1.29, 1.82) is 0 Å². The summed E-state index contributed by atoms with van der Waals surface area (Å²) in [6.45, 7) is 0.292. The summed E-state index contributed by atoms with van der Waals surface area (Å²) in [4.78, 5) is 14.6. The zero-order valence-electron chi connectivity index (χ0n) is 13.3. The number of benzene rings is 1. The maximum absolute atomic E-state index is 14.6. The average molecular weight is 341 g/mol. The van der Waals surface area contributed by atoms with E-state index in [2.05, 4.69) is 0 Å². The summed E-state index contributed by atoms with van der Waals surface area (Å²) in [6, 6.07) is 2.29. The lowest BCUT2D eigenvalue weighted by Gasteiger charge is -2.39. The van der Waals surface area contributed by atoms with E-state index < -0.39 is 23.8 Å². The minimum absolute atomic E-state index is 0.0328. The van der Waals surface area contributed by atoms with Crippen molar-refractivity contribution in [3.8, 4) is 0 Å². The Labute approximate surface area is 138 Å². The van der Waals surface area contributed by atoms with Crippen LogP contribution in [0.2, 0.25) is 0 Å². The maximum Gasteiger partial charge on any atom is 0.414 e. The highest BCUT2D eigenvalue weighted by atomic mass is 19.1. The Morgan fingerprint density at radius 1 is 1.33 bits per heavy atom. The first-order valence-corrected chi connectivity index (χ1v) is 8.10. The van der Waals surface area contributed by atoms with Gasteiger partial charge in [-0.05, 0) is 19.3 Å². The van der Waals surface area contributed by atoms with Crippen molar-refractivity contribution in [1.82, 2.24) is 0 Å². The number of amides is 1. The predicted octanol–water partition coefficient (Wildman–Crippen LogP) is 1.60. The van der Waals surface area contributed by atoms with Gasteiger partial charge in [0.2, 0.25) is 0 Å². The van der Waals surface area contributed by atoms with Gasteiger partial charge in [0.25, 0.3) is 0 Å². The first-order chi connectivity index (χ1) is 11.5. The molecule has 1 atom stereocenters. The van der Waals surface area contributed by atoms with E-state index in [1.54, 1.807) is 4.90 Å². The van der Waals surface area contributed by atoms with Crippen LogP contribution in [-0.2, 0) is 4.74 Å². The molecule has 0 radical (unpaired) electrons. The van der Waals surface area contributed by atoms with Gasteiger partial charge >= 0.3 is 6.09 Å². The lowest BCUT2D eigenvalue weighted by Crippen LogP contribution is -2.43. The number of nitrogens with zero attached hydrogens (tertiary/aromatic N) is 2. The van der Waals surface area contributed by atoms with Crippen molar-refractivity contribution in [2.75, 3.05) is 36.0 Å². The van der Waals surface area contributed by atoms with Gasteiger partial charge in [-0.3, -0.25) is 4.90 Å². The smallest absolute Gasteiger partial charge is 0.414 e. The number of aliphatic hydroxyl groups excluding tert-OH is 1. The van der Waals surface area contributed by atoms with E-state index >= 15 is 0 Å². The highest BCUT2D eigenvalue weighted by Gasteiger charge is 2.34. The van der Waals surface area contributed by atoms with Crippen LogP contribution < -0.4 is 15.5 Å². The van der Waals surface area contributed by atoms with Gasteiger partial charge in [-0.1, -0.05) is 0 Å². The molecule has 0 spiro atoms. The molecule has 1 amide bonds. The fraction of sp³-hybridized carbons (Fsp3) is 0.562. The van der Waals surface area contributed by atoms with Crippen molar-refractivity contribution in [3.05, 3.63) is 23.8 Å². The molecule has 1 aliphatic carbocycles. The second kappa shape index (κ2) is 6.90. The number of cyclic esters (lactones) is 1. The molecule has 3 rings (SSSR count). The van der Waals surface area contributed by atoms with Crippen LogP contribution in [-0.4, -0.2) is 49.6 Å². The Morgan fingerprint density at radius 2 is 2.00 bits per heavy atom. The SMILES string of the molecule is NCC1CN(c2cc(F)c(N(CCO)C3CCC3)c(F)c2)C(=O)O1. The molecule has 3 N–H and O–H groups in total. The summed E-state index contributed by atoms with van der Waals surface area (Å²) >= 11 is 0. The molecule has 1 aliphatic heterocycles. The minimum atomic E-state index is -0.755. The summed E-state index contributed by atoms with van der Waals surface area (Å²) in [5.74, 6) is -1.51. The van der Waals surface area contributed by atoms with Gasteiger partial charge < -0.3 is 20.5 Å². The second-order valence-corrected chi connectivity index (χ2v) is 6.11. The molecule has 0 aromatic heterocycles. The Balaban J connectivity index is 1.89. The fourth-order valence-corrected chi connectivity index (χ4v) is 3.12. The Bertz CT molecular complexity index is 602. The normalized spacial score (nSPS) is 20.9. The lowest BCUT2D eigenvalue weighted by molar-refractivity contribution is 0.145. The number of hydrogen-bond donors (Lipinski definition) is 2. The summed E-state index contributed by atoms with van der Waals surface area (Å²) < 4.78 is 34.2. The summed E-state index contributed by atoms with van der Waals surface area (Å²) in [5, 5.41) is 9.20.